The fourth-order valence-corrected chi connectivity index (χ4v) is 1.45. The number of rotatable bonds is 3. The number of pyridine rings is 1. The van der Waals surface area contributed by atoms with Crippen LogP contribution in [0.5, 0.6) is 11.6 Å². The zero-order chi connectivity index (χ0) is 13.0. The summed E-state index contributed by atoms with van der Waals surface area (Å²) in [5.41, 5.74) is 6.84. The van der Waals surface area contributed by atoms with Gasteiger partial charge in [-0.25, -0.2) is 4.98 Å². The van der Waals surface area contributed by atoms with Gasteiger partial charge in [0, 0.05) is 6.07 Å². The Morgan fingerprint density at radius 2 is 2.00 bits per heavy atom. The summed E-state index contributed by atoms with van der Waals surface area (Å²) in [5, 5.41) is 11.5. The SMILES string of the molecule is Cc1ccccc1Oc1cccc(C(N)=NO)n1. The fraction of sp³-hybridized carbons (Fsp3) is 0.0769. The minimum atomic E-state index is -0.0507. The average Bonchev–Trinajstić information content (AvgIpc) is 2.41. The van der Waals surface area contributed by atoms with Crippen molar-refractivity contribution < 1.29 is 9.94 Å². The van der Waals surface area contributed by atoms with E-state index in [1.54, 1.807) is 18.2 Å². The minimum Gasteiger partial charge on any atom is -0.439 e. The molecule has 0 bridgehead atoms. The lowest BCUT2D eigenvalue weighted by Gasteiger charge is -2.08. The monoisotopic (exact) mass is 243 g/mol. The van der Waals surface area contributed by atoms with E-state index in [2.05, 4.69) is 10.1 Å². The number of nitrogens with two attached hydrogens (primary N) is 1. The van der Waals surface area contributed by atoms with E-state index < -0.39 is 0 Å². The Balaban J connectivity index is 2.28. The molecule has 0 aliphatic carbocycles. The second kappa shape index (κ2) is 5.18. The quantitative estimate of drug-likeness (QED) is 0.375. The lowest BCUT2D eigenvalue weighted by molar-refractivity contribution is 0.318. The third-order valence-electron chi connectivity index (χ3n) is 2.40. The summed E-state index contributed by atoms with van der Waals surface area (Å²) in [6, 6.07) is 12.7. The van der Waals surface area contributed by atoms with Crippen LogP contribution in [0.1, 0.15) is 11.3 Å². The first-order chi connectivity index (χ1) is 8.70. The molecule has 3 N–H and O–H groups in total. The van der Waals surface area contributed by atoms with Crippen LogP contribution in [0.4, 0.5) is 0 Å². The van der Waals surface area contributed by atoms with Crippen molar-refractivity contribution in [3.05, 3.63) is 53.7 Å². The molecule has 5 nitrogen and oxygen atoms in total. The molecule has 2 aromatic rings. The zero-order valence-corrected chi connectivity index (χ0v) is 9.87. The summed E-state index contributed by atoms with van der Waals surface area (Å²) in [5.74, 6) is 1.07. The van der Waals surface area contributed by atoms with Gasteiger partial charge in [-0.2, -0.15) is 0 Å². The molecular weight excluding hydrogens is 230 g/mol. The van der Waals surface area contributed by atoms with E-state index in [1.807, 2.05) is 31.2 Å². The van der Waals surface area contributed by atoms with Gasteiger partial charge in [0.25, 0.3) is 0 Å². The maximum absolute atomic E-state index is 8.60. The number of hydrogen-bond acceptors (Lipinski definition) is 4. The second-order valence-electron chi connectivity index (χ2n) is 3.71. The first-order valence-electron chi connectivity index (χ1n) is 5.39. The standard InChI is InChI=1S/C13H13N3O2/c1-9-5-2-3-7-11(9)18-12-8-4-6-10(15-12)13(14)16-17/h2-8,17H,1H3,(H2,14,16). The van der Waals surface area contributed by atoms with Gasteiger partial charge in [-0.05, 0) is 24.6 Å². The van der Waals surface area contributed by atoms with Gasteiger partial charge >= 0.3 is 0 Å². The van der Waals surface area contributed by atoms with Gasteiger partial charge in [-0.1, -0.05) is 29.4 Å². The van der Waals surface area contributed by atoms with Crippen molar-refractivity contribution in [2.75, 3.05) is 0 Å². The smallest absolute Gasteiger partial charge is 0.219 e. The highest BCUT2D eigenvalue weighted by Gasteiger charge is 2.05. The number of hydrogen-bond donors (Lipinski definition) is 2. The highest BCUT2D eigenvalue weighted by Crippen LogP contribution is 2.22. The number of oxime groups is 1. The summed E-state index contributed by atoms with van der Waals surface area (Å²) in [4.78, 5) is 4.14. The molecule has 0 atom stereocenters. The summed E-state index contributed by atoms with van der Waals surface area (Å²) in [7, 11) is 0. The van der Waals surface area contributed by atoms with Crippen molar-refractivity contribution in [1.82, 2.24) is 4.98 Å². The van der Waals surface area contributed by atoms with Gasteiger partial charge in [0.15, 0.2) is 5.84 Å². The molecule has 1 aromatic heterocycles. The number of amidine groups is 1. The molecule has 0 radical (unpaired) electrons. The van der Waals surface area contributed by atoms with Crippen molar-refractivity contribution >= 4 is 5.84 Å². The van der Waals surface area contributed by atoms with Crippen LogP contribution in [-0.4, -0.2) is 16.0 Å². The van der Waals surface area contributed by atoms with Crippen LogP contribution in [0.15, 0.2) is 47.6 Å². The lowest BCUT2D eigenvalue weighted by Crippen LogP contribution is -2.14. The van der Waals surface area contributed by atoms with Crippen LogP contribution < -0.4 is 10.5 Å². The molecule has 0 spiro atoms. The van der Waals surface area contributed by atoms with E-state index in [-0.39, 0.29) is 5.84 Å². The molecule has 0 fully saturated rings. The first kappa shape index (κ1) is 11.9. The van der Waals surface area contributed by atoms with Crippen molar-refractivity contribution in [3.8, 4) is 11.6 Å². The number of aromatic nitrogens is 1. The summed E-state index contributed by atoms with van der Waals surface area (Å²) >= 11 is 0. The molecule has 18 heavy (non-hydrogen) atoms. The number of aryl methyl sites for hydroxylation is 1. The van der Waals surface area contributed by atoms with Gasteiger partial charge in [0.2, 0.25) is 5.88 Å². The Hall–Kier alpha value is -2.56. The van der Waals surface area contributed by atoms with Crippen molar-refractivity contribution in [2.45, 2.75) is 6.92 Å². The van der Waals surface area contributed by atoms with Crippen LogP contribution >= 0.6 is 0 Å². The average molecular weight is 243 g/mol. The van der Waals surface area contributed by atoms with E-state index in [0.29, 0.717) is 11.6 Å². The van der Waals surface area contributed by atoms with E-state index in [9.17, 15) is 0 Å². The van der Waals surface area contributed by atoms with Gasteiger partial charge < -0.3 is 15.7 Å². The molecule has 0 saturated heterocycles. The molecule has 5 heteroatoms. The highest BCUT2D eigenvalue weighted by molar-refractivity contribution is 5.95. The number of nitrogens with zero attached hydrogens (tertiary/aromatic N) is 2. The Kier molecular flexibility index (Phi) is 3.43. The molecule has 0 saturated carbocycles. The number of para-hydroxylation sites is 1. The van der Waals surface area contributed by atoms with E-state index >= 15 is 0 Å². The van der Waals surface area contributed by atoms with E-state index in [1.165, 1.54) is 0 Å². The van der Waals surface area contributed by atoms with Crippen LogP contribution in [0.25, 0.3) is 0 Å². The van der Waals surface area contributed by atoms with Crippen LogP contribution in [0, 0.1) is 6.92 Å². The molecule has 1 heterocycles. The molecule has 0 amide bonds. The maximum Gasteiger partial charge on any atom is 0.219 e. The molecule has 0 aliphatic rings. The predicted octanol–water partition coefficient (Wildman–Crippen LogP) is 2.28. The van der Waals surface area contributed by atoms with E-state index in [0.717, 1.165) is 11.3 Å². The van der Waals surface area contributed by atoms with Gasteiger partial charge in [-0.3, -0.25) is 0 Å². The second-order valence-corrected chi connectivity index (χ2v) is 3.71. The lowest BCUT2D eigenvalue weighted by atomic mass is 10.2. The van der Waals surface area contributed by atoms with Crippen molar-refractivity contribution in [1.29, 1.82) is 0 Å². The fourth-order valence-electron chi connectivity index (χ4n) is 1.45. The Bertz CT molecular complexity index is 582. The van der Waals surface area contributed by atoms with Crippen LogP contribution in [-0.2, 0) is 0 Å². The normalized spacial score (nSPS) is 11.3. The van der Waals surface area contributed by atoms with Gasteiger partial charge in [-0.15, -0.1) is 0 Å². The topological polar surface area (TPSA) is 80.7 Å². The Morgan fingerprint density at radius 1 is 1.22 bits per heavy atom. The zero-order valence-electron chi connectivity index (χ0n) is 9.87. The van der Waals surface area contributed by atoms with Crippen molar-refractivity contribution in [3.63, 3.8) is 0 Å². The maximum atomic E-state index is 8.60. The molecule has 0 aliphatic heterocycles. The predicted molar refractivity (Wildman–Crippen MR) is 68.0 cm³/mol. The van der Waals surface area contributed by atoms with Crippen molar-refractivity contribution in [2.24, 2.45) is 10.9 Å². The molecule has 2 rings (SSSR count). The molecule has 1 aromatic carbocycles. The van der Waals surface area contributed by atoms with Crippen LogP contribution in [0.3, 0.4) is 0 Å². The minimum absolute atomic E-state index is 0.0507. The third-order valence-corrected chi connectivity index (χ3v) is 2.40. The summed E-state index contributed by atoms with van der Waals surface area (Å²) < 4.78 is 5.64. The summed E-state index contributed by atoms with van der Waals surface area (Å²) in [6.45, 7) is 1.95. The number of ether oxygens (including phenoxy) is 1. The largest absolute Gasteiger partial charge is 0.439 e. The Labute approximate surface area is 105 Å². The van der Waals surface area contributed by atoms with Gasteiger partial charge in [0.1, 0.15) is 11.4 Å². The molecular formula is C13H13N3O2. The highest BCUT2D eigenvalue weighted by atomic mass is 16.5. The third kappa shape index (κ3) is 2.57. The summed E-state index contributed by atoms with van der Waals surface area (Å²) in [6.07, 6.45) is 0. The van der Waals surface area contributed by atoms with Crippen LogP contribution in [0.2, 0.25) is 0 Å². The van der Waals surface area contributed by atoms with E-state index in [4.69, 9.17) is 15.7 Å². The Morgan fingerprint density at radius 3 is 2.72 bits per heavy atom. The molecule has 92 valence electrons. The first-order valence-corrected chi connectivity index (χ1v) is 5.39. The van der Waals surface area contributed by atoms with Gasteiger partial charge in [0.05, 0.1) is 0 Å². The number of benzene rings is 1. The molecule has 0 unspecified atom stereocenters.